The SMILES string of the molecule is COc1cccc(C(=O)N2CCCC(CNC(=O)C3CCCN3)C2)c1OC.Cl. The molecule has 2 aliphatic heterocycles. The number of likely N-dealkylation sites (tertiary alicyclic amines) is 1. The van der Waals surface area contributed by atoms with Crippen LogP contribution < -0.4 is 20.1 Å². The van der Waals surface area contributed by atoms with E-state index in [9.17, 15) is 9.59 Å². The lowest BCUT2D eigenvalue weighted by molar-refractivity contribution is -0.123. The number of ether oxygens (including phenoxy) is 2. The van der Waals surface area contributed by atoms with Crippen molar-refractivity contribution >= 4 is 24.2 Å². The minimum atomic E-state index is -0.0626. The summed E-state index contributed by atoms with van der Waals surface area (Å²) in [6.45, 7) is 2.87. The number of halogens is 1. The fourth-order valence-corrected chi connectivity index (χ4v) is 3.92. The van der Waals surface area contributed by atoms with Crippen molar-refractivity contribution in [3.8, 4) is 11.5 Å². The average Bonchev–Trinajstić information content (AvgIpc) is 3.26. The van der Waals surface area contributed by atoms with E-state index < -0.39 is 0 Å². The highest BCUT2D eigenvalue weighted by atomic mass is 35.5. The first kappa shape index (κ1) is 22.3. The van der Waals surface area contributed by atoms with Gasteiger partial charge in [-0.25, -0.2) is 0 Å². The largest absolute Gasteiger partial charge is 0.493 e. The summed E-state index contributed by atoms with van der Waals surface area (Å²) in [5.74, 6) is 1.30. The van der Waals surface area contributed by atoms with Crippen molar-refractivity contribution in [1.82, 2.24) is 15.5 Å². The zero-order chi connectivity index (χ0) is 19.2. The summed E-state index contributed by atoms with van der Waals surface area (Å²) in [4.78, 5) is 27.1. The molecule has 2 N–H and O–H groups in total. The van der Waals surface area contributed by atoms with E-state index in [0.29, 0.717) is 36.7 Å². The van der Waals surface area contributed by atoms with Gasteiger partial charge in [-0.05, 0) is 50.3 Å². The second kappa shape index (κ2) is 10.5. The van der Waals surface area contributed by atoms with Crippen molar-refractivity contribution in [3.05, 3.63) is 23.8 Å². The van der Waals surface area contributed by atoms with Gasteiger partial charge in [0.2, 0.25) is 5.91 Å². The standard InChI is InChI=1S/C20H29N3O4.ClH/c1-26-17-9-3-7-15(18(17)27-2)20(25)23-11-5-6-14(13-23)12-22-19(24)16-8-4-10-21-16;/h3,7,9,14,16,21H,4-6,8,10-13H2,1-2H3,(H,22,24);1H. The summed E-state index contributed by atoms with van der Waals surface area (Å²) in [6, 6.07) is 5.28. The summed E-state index contributed by atoms with van der Waals surface area (Å²) < 4.78 is 10.7. The van der Waals surface area contributed by atoms with Crippen LogP contribution in [0, 0.1) is 5.92 Å². The molecular weight excluding hydrogens is 382 g/mol. The van der Waals surface area contributed by atoms with E-state index in [-0.39, 0.29) is 36.2 Å². The summed E-state index contributed by atoms with van der Waals surface area (Å²) in [5, 5.41) is 6.26. The molecule has 0 aromatic heterocycles. The van der Waals surface area contributed by atoms with E-state index in [2.05, 4.69) is 10.6 Å². The molecule has 0 saturated carbocycles. The number of rotatable bonds is 6. The predicted octanol–water partition coefficient (Wildman–Crippen LogP) is 1.85. The number of hydrogen-bond acceptors (Lipinski definition) is 5. The molecule has 0 bridgehead atoms. The van der Waals surface area contributed by atoms with Gasteiger partial charge in [0.15, 0.2) is 11.5 Å². The van der Waals surface area contributed by atoms with Gasteiger partial charge in [0.05, 0.1) is 25.8 Å². The Morgan fingerprint density at radius 3 is 2.71 bits per heavy atom. The van der Waals surface area contributed by atoms with Crippen LogP contribution in [0.5, 0.6) is 11.5 Å². The van der Waals surface area contributed by atoms with Gasteiger partial charge in [-0.2, -0.15) is 0 Å². The van der Waals surface area contributed by atoms with Crippen LogP contribution in [0.25, 0.3) is 0 Å². The molecule has 2 atom stereocenters. The molecule has 7 nitrogen and oxygen atoms in total. The Balaban J connectivity index is 0.00000280. The van der Waals surface area contributed by atoms with Gasteiger partial charge in [-0.3, -0.25) is 9.59 Å². The highest BCUT2D eigenvalue weighted by Gasteiger charge is 2.28. The minimum absolute atomic E-state index is 0. The first-order chi connectivity index (χ1) is 13.1. The van der Waals surface area contributed by atoms with Crippen LogP contribution in [0.2, 0.25) is 0 Å². The van der Waals surface area contributed by atoms with Crippen molar-refractivity contribution in [2.24, 2.45) is 5.92 Å². The molecule has 2 amide bonds. The second-order valence-corrected chi connectivity index (χ2v) is 7.19. The molecule has 0 aliphatic carbocycles. The molecule has 8 heteroatoms. The molecule has 2 heterocycles. The van der Waals surface area contributed by atoms with Crippen LogP contribution in [0.4, 0.5) is 0 Å². The Labute approximate surface area is 172 Å². The molecule has 2 unspecified atom stereocenters. The predicted molar refractivity (Wildman–Crippen MR) is 109 cm³/mol. The Morgan fingerprint density at radius 1 is 1.21 bits per heavy atom. The number of piperidine rings is 1. The normalized spacial score (nSPS) is 21.6. The van der Waals surface area contributed by atoms with E-state index >= 15 is 0 Å². The van der Waals surface area contributed by atoms with Gasteiger partial charge in [0.25, 0.3) is 5.91 Å². The van der Waals surface area contributed by atoms with E-state index in [0.717, 1.165) is 32.2 Å². The number of amides is 2. The maximum absolute atomic E-state index is 13.0. The van der Waals surface area contributed by atoms with Crippen LogP contribution in [-0.2, 0) is 4.79 Å². The average molecular weight is 412 g/mol. The van der Waals surface area contributed by atoms with Gasteiger partial charge in [0, 0.05) is 19.6 Å². The lowest BCUT2D eigenvalue weighted by Gasteiger charge is -2.33. The number of carbonyl (C=O) groups excluding carboxylic acids is 2. The van der Waals surface area contributed by atoms with Crippen LogP contribution >= 0.6 is 12.4 Å². The zero-order valence-corrected chi connectivity index (χ0v) is 17.3. The molecule has 3 rings (SSSR count). The van der Waals surface area contributed by atoms with Gasteiger partial charge in [0.1, 0.15) is 0 Å². The van der Waals surface area contributed by atoms with Crippen molar-refractivity contribution in [2.75, 3.05) is 40.4 Å². The Kier molecular flexibility index (Phi) is 8.38. The first-order valence-corrected chi connectivity index (χ1v) is 9.65. The van der Waals surface area contributed by atoms with Crippen molar-refractivity contribution in [1.29, 1.82) is 0 Å². The Morgan fingerprint density at radius 2 is 2.04 bits per heavy atom. The van der Waals surface area contributed by atoms with Gasteiger partial charge in [-0.1, -0.05) is 6.07 Å². The van der Waals surface area contributed by atoms with E-state index in [1.165, 1.54) is 0 Å². The van der Waals surface area contributed by atoms with E-state index in [1.807, 2.05) is 4.90 Å². The Bertz CT molecular complexity index is 679. The maximum Gasteiger partial charge on any atom is 0.257 e. The topological polar surface area (TPSA) is 79.9 Å². The molecule has 156 valence electrons. The van der Waals surface area contributed by atoms with Crippen LogP contribution in [0.1, 0.15) is 36.0 Å². The molecule has 1 aromatic rings. The quantitative estimate of drug-likeness (QED) is 0.746. The third-order valence-electron chi connectivity index (χ3n) is 5.38. The van der Waals surface area contributed by atoms with Crippen LogP contribution in [0.3, 0.4) is 0 Å². The summed E-state index contributed by atoms with van der Waals surface area (Å²) >= 11 is 0. The first-order valence-electron chi connectivity index (χ1n) is 9.65. The van der Waals surface area contributed by atoms with Gasteiger partial charge in [-0.15, -0.1) is 12.4 Å². The zero-order valence-electron chi connectivity index (χ0n) is 16.5. The highest BCUT2D eigenvalue weighted by Crippen LogP contribution is 2.32. The van der Waals surface area contributed by atoms with Crippen molar-refractivity contribution in [2.45, 2.75) is 31.7 Å². The molecule has 0 spiro atoms. The maximum atomic E-state index is 13.0. The smallest absolute Gasteiger partial charge is 0.257 e. The van der Waals surface area contributed by atoms with E-state index in [1.54, 1.807) is 32.4 Å². The van der Waals surface area contributed by atoms with Gasteiger partial charge < -0.3 is 25.0 Å². The number of hydrogen-bond donors (Lipinski definition) is 2. The molecule has 2 fully saturated rings. The fraction of sp³-hybridized carbons (Fsp3) is 0.600. The number of methoxy groups -OCH3 is 2. The lowest BCUT2D eigenvalue weighted by atomic mass is 9.97. The third-order valence-corrected chi connectivity index (χ3v) is 5.38. The third kappa shape index (κ3) is 5.08. The number of nitrogens with zero attached hydrogens (tertiary/aromatic N) is 1. The lowest BCUT2D eigenvalue weighted by Crippen LogP contribution is -2.46. The van der Waals surface area contributed by atoms with Crippen molar-refractivity contribution in [3.63, 3.8) is 0 Å². The van der Waals surface area contributed by atoms with E-state index in [4.69, 9.17) is 9.47 Å². The summed E-state index contributed by atoms with van der Waals surface area (Å²) in [6.07, 6.45) is 3.89. The van der Waals surface area contributed by atoms with Crippen LogP contribution in [0.15, 0.2) is 18.2 Å². The molecule has 0 radical (unpaired) electrons. The number of carbonyl (C=O) groups is 2. The Hall–Kier alpha value is -1.99. The number of benzene rings is 1. The number of nitrogens with one attached hydrogen (secondary N) is 2. The van der Waals surface area contributed by atoms with Gasteiger partial charge >= 0.3 is 0 Å². The monoisotopic (exact) mass is 411 g/mol. The molecule has 28 heavy (non-hydrogen) atoms. The molecule has 2 saturated heterocycles. The number of para-hydroxylation sites is 1. The van der Waals surface area contributed by atoms with Crippen LogP contribution in [-0.4, -0.2) is 63.2 Å². The fourth-order valence-electron chi connectivity index (χ4n) is 3.92. The second-order valence-electron chi connectivity index (χ2n) is 7.19. The highest BCUT2D eigenvalue weighted by molar-refractivity contribution is 5.98. The summed E-state index contributed by atoms with van der Waals surface area (Å²) in [7, 11) is 3.10. The molecular formula is C20H30ClN3O4. The van der Waals surface area contributed by atoms with Crippen molar-refractivity contribution < 1.29 is 19.1 Å². The molecule has 1 aromatic carbocycles. The summed E-state index contributed by atoms with van der Waals surface area (Å²) in [5.41, 5.74) is 0.511. The minimum Gasteiger partial charge on any atom is -0.493 e. The molecule has 2 aliphatic rings.